The quantitative estimate of drug-likeness (QED) is 0.119. The van der Waals surface area contributed by atoms with Crippen molar-refractivity contribution in [3.05, 3.63) is 40.7 Å². The number of amides is 1. The molecule has 0 bridgehead atoms. The third kappa shape index (κ3) is 7.41. The van der Waals surface area contributed by atoms with E-state index in [-0.39, 0.29) is 35.0 Å². The molecule has 0 aliphatic rings. The molecule has 12 nitrogen and oxygen atoms in total. The zero-order valence-corrected chi connectivity index (χ0v) is 25.6. The number of aromatic nitrogens is 1. The third-order valence-corrected chi connectivity index (χ3v) is 7.73. The maximum absolute atomic E-state index is 14.3. The number of nitrogens with one attached hydrogen (secondary N) is 1. The van der Waals surface area contributed by atoms with E-state index >= 15 is 0 Å². The summed E-state index contributed by atoms with van der Waals surface area (Å²) >= 11 is 0.963. The molecule has 230 valence electrons. The number of nitrogens with two attached hydrogens (primary N) is 1. The van der Waals surface area contributed by atoms with Gasteiger partial charge in [0.25, 0.3) is 0 Å². The van der Waals surface area contributed by atoms with Gasteiger partial charge in [0, 0.05) is 30.6 Å². The molecule has 0 unspecified atom stereocenters. The number of aliphatic carboxylic acids is 2. The van der Waals surface area contributed by atoms with Gasteiger partial charge in [-0.05, 0) is 51.3 Å². The molecule has 2 rings (SSSR count). The van der Waals surface area contributed by atoms with E-state index in [0.29, 0.717) is 11.7 Å². The van der Waals surface area contributed by atoms with Crippen molar-refractivity contribution in [1.82, 2.24) is 9.88 Å². The van der Waals surface area contributed by atoms with Gasteiger partial charge in [0.2, 0.25) is 5.91 Å². The Morgan fingerprint density at radius 3 is 2.19 bits per heavy atom. The fourth-order valence-electron chi connectivity index (χ4n) is 4.69. The summed E-state index contributed by atoms with van der Waals surface area (Å²) in [7, 11) is 0. The Morgan fingerprint density at radius 2 is 1.74 bits per heavy atom. The van der Waals surface area contributed by atoms with E-state index in [2.05, 4.69) is 4.98 Å². The predicted octanol–water partition coefficient (Wildman–Crippen LogP) is 3.97. The lowest BCUT2D eigenvalue weighted by atomic mass is 9.68. The summed E-state index contributed by atoms with van der Waals surface area (Å²) in [6, 6.07) is 3.52. The smallest absolute Gasteiger partial charge is 0.355 e. The Bertz CT molecular complexity index is 1370. The summed E-state index contributed by atoms with van der Waals surface area (Å²) in [5.41, 5.74) is 1.27. The highest BCUT2D eigenvalue weighted by Crippen LogP contribution is 2.43. The Kier molecular flexibility index (Phi) is 10.4. The topological polar surface area (TPSA) is 187 Å². The fraction of sp³-hybridized carbons (Fsp3) is 0.500. The second kappa shape index (κ2) is 12.8. The summed E-state index contributed by atoms with van der Waals surface area (Å²) in [4.78, 5) is 58.2. The van der Waals surface area contributed by atoms with Gasteiger partial charge in [0.05, 0.1) is 12.6 Å². The van der Waals surface area contributed by atoms with Crippen LogP contribution in [0.25, 0.3) is 0 Å². The van der Waals surface area contributed by atoms with E-state index in [0.717, 1.165) is 17.4 Å². The molecule has 1 atom stereocenters. The van der Waals surface area contributed by atoms with Crippen LogP contribution >= 0.6 is 11.3 Å². The number of esters is 1. The molecule has 5 N–H and O–H groups in total. The second-order valence-corrected chi connectivity index (χ2v) is 12.7. The van der Waals surface area contributed by atoms with Crippen molar-refractivity contribution >= 4 is 46.1 Å². The molecule has 0 fully saturated rings. The normalized spacial score (nSPS) is 13.1. The van der Waals surface area contributed by atoms with Gasteiger partial charge >= 0.3 is 17.9 Å². The van der Waals surface area contributed by atoms with E-state index < -0.39 is 52.5 Å². The summed E-state index contributed by atoms with van der Waals surface area (Å²) < 4.78 is 19.5. The minimum absolute atomic E-state index is 0.0697. The number of rotatable bonds is 12. The van der Waals surface area contributed by atoms with Crippen molar-refractivity contribution in [2.75, 3.05) is 18.0 Å². The maximum Gasteiger partial charge on any atom is 0.355 e. The lowest BCUT2D eigenvalue weighted by molar-refractivity contribution is -0.181. The van der Waals surface area contributed by atoms with Gasteiger partial charge in [-0.3, -0.25) is 15.0 Å². The van der Waals surface area contributed by atoms with Gasteiger partial charge < -0.3 is 30.5 Å². The van der Waals surface area contributed by atoms with E-state index in [1.165, 1.54) is 23.2 Å². The average molecular weight is 608 g/mol. The number of hydrogen-bond donors (Lipinski definition) is 4. The van der Waals surface area contributed by atoms with E-state index in [1.807, 2.05) is 0 Å². The number of carboxylic acid groups (broad SMARTS) is 2. The molecule has 42 heavy (non-hydrogen) atoms. The lowest BCUT2D eigenvalue weighted by Gasteiger charge is -2.53. The van der Waals surface area contributed by atoms with Crippen LogP contribution in [0.4, 0.5) is 9.52 Å². The highest BCUT2D eigenvalue weighted by molar-refractivity contribution is 7.17. The number of carbonyl (C=O) groups excluding carboxylic acids is 2. The van der Waals surface area contributed by atoms with Crippen LogP contribution in [0, 0.1) is 16.6 Å². The monoisotopic (exact) mass is 607 g/mol. The van der Waals surface area contributed by atoms with Gasteiger partial charge in [-0.25, -0.2) is 19.0 Å². The number of ether oxygens (including phenoxy) is 1. The molecule has 0 saturated heterocycles. The van der Waals surface area contributed by atoms with Gasteiger partial charge in [-0.2, -0.15) is 0 Å². The number of carbonyl (C=O) groups is 4. The first kappa shape index (κ1) is 34.1. The molecule has 0 aliphatic carbocycles. The minimum Gasteiger partial charge on any atom is -0.481 e. The predicted molar refractivity (Wildman–Crippen MR) is 156 cm³/mol. The van der Waals surface area contributed by atoms with Gasteiger partial charge in [0.15, 0.2) is 22.2 Å². The average Bonchev–Trinajstić information content (AvgIpc) is 3.33. The number of benzene rings is 1. The van der Waals surface area contributed by atoms with Gasteiger partial charge in [-0.15, -0.1) is 0 Å². The first-order valence-electron chi connectivity index (χ1n) is 13.1. The third-order valence-electron chi connectivity index (χ3n) is 6.69. The van der Waals surface area contributed by atoms with E-state index in [9.17, 15) is 33.8 Å². The minimum atomic E-state index is -2.04. The molecule has 2 aromatic rings. The van der Waals surface area contributed by atoms with Crippen LogP contribution in [0.1, 0.15) is 76.5 Å². The highest BCUT2D eigenvalue weighted by atomic mass is 32.1. The van der Waals surface area contributed by atoms with Crippen molar-refractivity contribution in [2.45, 2.75) is 72.4 Å². The highest BCUT2D eigenvalue weighted by Gasteiger charge is 2.59. The molecular weight excluding hydrogens is 569 g/mol. The Balaban J connectivity index is 2.29. The molecule has 1 aromatic carbocycles. The Morgan fingerprint density at radius 1 is 1.12 bits per heavy atom. The first-order chi connectivity index (χ1) is 19.3. The molecule has 1 amide bonds. The maximum atomic E-state index is 14.3. The van der Waals surface area contributed by atoms with Crippen molar-refractivity contribution < 1.29 is 38.5 Å². The number of anilines is 1. The molecule has 0 saturated carbocycles. The number of amidine groups is 1. The molecule has 0 aliphatic heterocycles. The largest absolute Gasteiger partial charge is 0.481 e. The van der Waals surface area contributed by atoms with Crippen LogP contribution in [0.2, 0.25) is 0 Å². The summed E-state index contributed by atoms with van der Waals surface area (Å²) in [5.74, 6) is -5.72. The lowest BCUT2D eigenvalue weighted by Crippen LogP contribution is -2.70. The number of carboxylic acids is 2. The van der Waals surface area contributed by atoms with Crippen LogP contribution in [0.5, 0.6) is 5.75 Å². The van der Waals surface area contributed by atoms with Crippen molar-refractivity contribution in [3.8, 4) is 5.75 Å². The SMILES string of the molecule is CCN(CCC(=O)N(C(C)(C)C)[C@@](CC(=O)O)(C(=O)O)C(C)(C)C)c1ncc(C(=O)Oc2ccc(C(=N)N)cc2F)s1. The van der Waals surface area contributed by atoms with Crippen molar-refractivity contribution in [1.29, 1.82) is 5.41 Å². The van der Waals surface area contributed by atoms with Crippen LogP contribution in [-0.2, 0) is 14.4 Å². The summed E-state index contributed by atoms with van der Waals surface area (Å²) in [6.45, 7) is 12.0. The summed E-state index contributed by atoms with van der Waals surface area (Å²) in [6.07, 6.45) is 0.309. The molecule has 0 spiro atoms. The van der Waals surface area contributed by atoms with Gasteiger partial charge in [-0.1, -0.05) is 32.1 Å². The Labute approximate surface area is 247 Å². The first-order valence-corrected chi connectivity index (χ1v) is 13.9. The standard InChI is InChI=1S/C28H38FN5O7S/c1-8-33(25-32-15-19(42-25)23(38)41-18-10-9-16(22(30)31)13-17(18)29)12-11-20(35)34(27(5,6)7)28(24(39)40,14-21(36)37)26(2,3)4/h9-10,13,15H,8,11-12,14H2,1-7H3,(H3,30,31)(H,36,37)(H,39,40)/t28-/m0/s1. The van der Waals surface area contributed by atoms with E-state index in [1.54, 1.807) is 53.4 Å². The Hall–Kier alpha value is -4.07. The zero-order chi connectivity index (χ0) is 32.2. The molecule has 14 heteroatoms. The zero-order valence-electron chi connectivity index (χ0n) is 24.8. The fourth-order valence-corrected chi connectivity index (χ4v) is 5.57. The second-order valence-electron chi connectivity index (χ2n) is 11.7. The molecule has 1 heterocycles. The van der Waals surface area contributed by atoms with Crippen molar-refractivity contribution in [2.24, 2.45) is 11.1 Å². The van der Waals surface area contributed by atoms with Crippen LogP contribution in [0.15, 0.2) is 24.4 Å². The number of nitrogen functional groups attached to an aromatic ring is 1. The van der Waals surface area contributed by atoms with E-state index in [4.69, 9.17) is 15.9 Å². The van der Waals surface area contributed by atoms with Crippen LogP contribution in [-0.4, -0.2) is 73.9 Å². The number of hydrogen-bond acceptors (Lipinski definition) is 9. The van der Waals surface area contributed by atoms with Gasteiger partial charge in [0.1, 0.15) is 10.7 Å². The molecule has 0 radical (unpaired) electrons. The number of thiazole rings is 1. The number of nitrogens with zero attached hydrogens (tertiary/aromatic N) is 3. The molecule has 1 aromatic heterocycles. The molecular formula is C28H38FN5O7S. The van der Waals surface area contributed by atoms with Crippen molar-refractivity contribution in [3.63, 3.8) is 0 Å². The number of halogens is 1. The summed E-state index contributed by atoms with van der Waals surface area (Å²) in [5, 5.41) is 27.8. The van der Waals surface area contributed by atoms with Crippen LogP contribution < -0.4 is 15.4 Å². The van der Waals surface area contributed by atoms with Crippen LogP contribution in [0.3, 0.4) is 0 Å².